The predicted octanol–water partition coefficient (Wildman–Crippen LogP) is 6.17. The highest BCUT2D eigenvalue weighted by molar-refractivity contribution is 5.68. The Kier molecular flexibility index (Phi) is 5.28. The monoisotopic (exact) mass is 472 g/mol. The second-order valence-electron chi connectivity index (χ2n) is 10.9. The molecular formula is C27H31F3N2O2. The molecule has 3 fully saturated rings. The normalized spacial score (nSPS) is 26.4. The fraction of sp³-hybridized carbons (Fsp3) is 0.519. The van der Waals surface area contributed by atoms with Gasteiger partial charge >= 0.3 is 12.3 Å². The molecule has 1 saturated heterocycles. The van der Waals surface area contributed by atoms with Crippen molar-refractivity contribution in [3.8, 4) is 0 Å². The molecule has 7 heteroatoms. The Labute approximate surface area is 198 Å². The summed E-state index contributed by atoms with van der Waals surface area (Å²) in [5.41, 5.74) is 0.434. The Bertz CT molecular complexity index is 1060. The molecule has 2 unspecified atom stereocenters. The fourth-order valence-corrected chi connectivity index (χ4v) is 5.71. The Morgan fingerprint density at radius 2 is 1.62 bits per heavy atom. The van der Waals surface area contributed by atoms with E-state index in [0.29, 0.717) is 19.6 Å². The minimum absolute atomic E-state index is 0.151. The lowest BCUT2D eigenvalue weighted by Gasteiger charge is -2.47. The van der Waals surface area contributed by atoms with Crippen LogP contribution in [0.15, 0.2) is 54.6 Å². The van der Waals surface area contributed by atoms with Gasteiger partial charge in [0.15, 0.2) is 0 Å². The van der Waals surface area contributed by atoms with Crippen LogP contribution in [0.4, 0.5) is 18.0 Å². The van der Waals surface area contributed by atoms with E-state index in [1.807, 2.05) is 39.0 Å². The van der Waals surface area contributed by atoms with Gasteiger partial charge in [-0.15, -0.1) is 0 Å². The van der Waals surface area contributed by atoms with Crippen LogP contribution >= 0.6 is 0 Å². The highest BCUT2D eigenvalue weighted by atomic mass is 19.4. The molecule has 2 saturated carbocycles. The minimum Gasteiger partial charge on any atom is -0.444 e. The van der Waals surface area contributed by atoms with Gasteiger partial charge < -0.3 is 9.64 Å². The molecule has 2 aromatic carbocycles. The van der Waals surface area contributed by atoms with E-state index in [4.69, 9.17) is 4.74 Å². The number of hydrogen-bond donors (Lipinski definition) is 0. The molecule has 1 heterocycles. The number of rotatable bonds is 3. The van der Waals surface area contributed by atoms with Gasteiger partial charge in [-0.3, -0.25) is 4.90 Å². The number of ether oxygens (including phenoxy) is 1. The van der Waals surface area contributed by atoms with Gasteiger partial charge in [0.25, 0.3) is 0 Å². The molecule has 1 amide bonds. The zero-order valence-electron chi connectivity index (χ0n) is 19.9. The lowest BCUT2D eigenvalue weighted by atomic mass is 9.92. The van der Waals surface area contributed by atoms with Crippen LogP contribution in [0.1, 0.15) is 62.6 Å². The summed E-state index contributed by atoms with van der Waals surface area (Å²) in [4.78, 5) is 17.1. The lowest BCUT2D eigenvalue weighted by Crippen LogP contribution is -2.60. The van der Waals surface area contributed by atoms with Crippen LogP contribution in [0.2, 0.25) is 0 Å². The Balaban J connectivity index is 1.46. The number of benzene rings is 2. The number of amides is 1. The van der Waals surface area contributed by atoms with Gasteiger partial charge in [0, 0.05) is 31.1 Å². The van der Waals surface area contributed by atoms with Crippen molar-refractivity contribution in [1.29, 1.82) is 0 Å². The van der Waals surface area contributed by atoms with Gasteiger partial charge in [0.2, 0.25) is 0 Å². The van der Waals surface area contributed by atoms with Crippen LogP contribution in [0, 0.1) is 0 Å². The maximum Gasteiger partial charge on any atom is 0.416 e. The zero-order chi connectivity index (χ0) is 24.4. The van der Waals surface area contributed by atoms with Crippen molar-refractivity contribution in [1.82, 2.24) is 9.80 Å². The van der Waals surface area contributed by atoms with Crippen molar-refractivity contribution in [2.24, 2.45) is 0 Å². The molecule has 2 atom stereocenters. The topological polar surface area (TPSA) is 32.8 Å². The third kappa shape index (κ3) is 4.08. The Morgan fingerprint density at radius 3 is 2.18 bits per heavy atom. The van der Waals surface area contributed by atoms with Crippen molar-refractivity contribution < 1.29 is 22.7 Å². The van der Waals surface area contributed by atoms with Crippen molar-refractivity contribution in [3.63, 3.8) is 0 Å². The quantitative estimate of drug-likeness (QED) is 0.535. The van der Waals surface area contributed by atoms with E-state index in [2.05, 4.69) is 17.0 Å². The van der Waals surface area contributed by atoms with E-state index in [9.17, 15) is 18.0 Å². The maximum absolute atomic E-state index is 13.2. The first-order valence-corrected chi connectivity index (χ1v) is 11.9. The first-order chi connectivity index (χ1) is 15.9. The second kappa shape index (κ2) is 7.74. The summed E-state index contributed by atoms with van der Waals surface area (Å²) >= 11 is 0. The van der Waals surface area contributed by atoms with Gasteiger partial charge in [0.1, 0.15) is 5.60 Å². The highest BCUT2D eigenvalue weighted by Crippen LogP contribution is 2.67. The van der Waals surface area contributed by atoms with Gasteiger partial charge in [-0.1, -0.05) is 42.5 Å². The van der Waals surface area contributed by atoms with Crippen molar-refractivity contribution >= 4 is 6.09 Å². The average molecular weight is 473 g/mol. The molecule has 0 radical (unpaired) electrons. The molecule has 34 heavy (non-hydrogen) atoms. The summed E-state index contributed by atoms with van der Waals surface area (Å²) in [6.45, 7) is 7.39. The molecule has 0 N–H and O–H groups in total. The smallest absolute Gasteiger partial charge is 0.416 e. The SMILES string of the molecule is CC(C)(C)OC(=O)N1CCN(C2(c3ccc(C(F)(F)F)cc3)CC2c2ccccc2)C2(CC2)C1. The Hall–Kier alpha value is -2.54. The predicted molar refractivity (Wildman–Crippen MR) is 123 cm³/mol. The molecule has 2 aliphatic carbocycles. The Morgan fingerprint density at radius 1 is 0.971 bits per heavy atom. The number of hydrogen-bond acceptors (Lipinski definition) is 3. The second-order valence-corrected chi connectivity index (χ2v) is 10.9. The van der Waals surface area contributed by atoms with Crippen LogP contribution in [-0.2, 0) is 16.5 Å². The first-order valence-electron chi connectivity index (χ1n) is 11.9. The van der Waals surface area contributed by atoms with Crippen LogP contribution in [0.25, 0.3) is 0 Å². The van der Waals surface area contributed by atoms with Crippen LogP contribution < -0.4 is 0 Å². The number of halogens is 3. The van der Waals surface area contributed by atoms with Crippen molar-refractivity contribution in [3.05, 3.63) is 71.3 Å². The summed E-state index contributed by atoms with van der Waals surface area (Å²) in [5, 5.41) is 0. The van der Waals surface area contributed by atoms with E-state index in [-0.39, 0.29) is 23.1 Å². The third-order valence-corrected chi connectivity index (χ3v) is 7.46. The summed E-state index contributed by atoms with van der Waals surface area (Å²) in [6.07, 6.45) is -1.86. The number of nitrogens with zero attached hydrogens (tertiary/aromatic N) is 2. The molecule has 0 aromatic heterocycles. The van der Waals surface area contributed by atoms with Crippen LogP contribution in [0.5, 0.6) is 0 Å². The fourth-order valence-electron chi connectivity index (χ4n) is 5.71. The zero-order valence-corrected chi connectivity index (χ0v) is 19.9. The minimum atomic E-state index is -4.36. The van der Waals surface area contributed by atoms with Gasteiger partial charge in [-0.05, 0) is 63.3 Å². The highest BCUT2D eigenvalue weighted by Gasteiger charge is 2.68. The van der Waals surface area contributed by atoms with Crippen molar-refractivity contribution in [2.75, 3.05) is 19.6 Å². The standard InChI is InChI=1S/C27H31F3N2O2/c1-24(2,3)34-23(33)31-15-16-32(25(18-31)13-14-25)26(17-22(26)19-7-5-4-6-8-19)20-9-11-21(12-10-20)27(28,29)30/h4-12,22H,13-18H2,1-3H3. The van der Waals surface area contributed by atoms with E-state index in [1.54, 1.807) is 17.0 Å². The summed E-state index contributed by atoms with van der Waals surface area (Å²) < 4.78 is 45.3. The largest absolute Gasteiger partial charge is 0.444 e. The summed E-state index contributed by atoms with van der Waals surface area (Å²) in [6, 6.07) is 15.9. The molecule has 1 spiro atoms. The number of alkyl halides is 3. The molecular weight excluding hydrogens is 441 g/mol. The molecule has 5 rings (SSSR count). The van der Waals surface area contributed by atoms with Crippen LogP contribution in [0.3, 0.4) is 0 Å². The molecule has 3 aliphatic rings. The van der Waals surface area contributed by atoms with E-state index in [0.717, 1.165) is 24.8 Å². The van der Waals surface area contributed by atoms with E-state index in [1.165, 1.54) is 17.7 Å². The molecule has 2 aromatic rings. The first kappa shape index (κ1) is 23.2. The van der Waals surface area contributed by atoms with Crippen molar-refractivity contribution in [2.45, 2.75) is 68.8 Å². The third-order valence-electron chi connectivity index (χ3n) is 7.46. The number of carbonyl (C=O) groups excluding carboxylic acids is 1. The maximum atomic E-state index is 13.2. The number of piperazine rings is 1. The van der Waals surface area contributed by atoms with Gasteiger partial charge in [0.05, 0.1) is 11.1 Å². The molecule has 1 aliphatic heterocycles. The average Bonchev–Trinajstić information content (AvgIpc) is 3.70. The van der Waals surface area contributed by atoms with Gasteiger partial charge in [-0.25, -0.2) is 4.79 Å². The summed E-state index contributed by atoms with van der Waals surface area (Å²) in [7, 11) is 0. The van der Waals surface area contributed by atoms with Crippen LogP contribution in [-0.4, -0.2) is 46.7 Å². The lowest BCUT2D eigenvalue weighted by molar-refractivity contribution is -0.137. The van der Waals surface area contributed by atoms with E-state index >= 15 is 0 Å². The molecule has 0 bridgehead atoms. The van der Waals surface area contributed by atoms with E-state index < -0.39 is 17.3 Å². The molecule has 182 valence electrons. The van der Waals surface area contributed by atoms with Gasteiger partial charge in [-0.2, -0.15) is 13.2 Å². The molecule has 4 nitrogen and oxygen atoms in total. The number of carbonyl (C=O) groups is 1. The summed E-state index contributed by atoms with van der Waals surface area (Å²) in [5.74, 6) is 0.205.